The number of unbranched alkanes of at least 4 members (excludes halogenated alkanes) is 1. The number of hydrogen-bond donors (Lipinski definition) is 2. The second-order valence-corrected chi connectivity index (χ2v) is 8.92. The lowest BCUT2D eigenvalue weighted by Crippen LogP contribution is -2.43. The van der Waals surface area contributed by atoms with E-state index in [0.717, 1.165) is 16.3 Å². The highest BCUT2D eigenvalue weighted by atomic mass is 79.9. The van der Waals surface area contributed by atoms with Crippen LogP contribution in [0.2, 0.25) is 0 Å². The standard InChI is InChI=1S/C23H26N2O4S.BrH/c1-17-9-13-21(14-10-17)30(27,28)25-22(8-4-5-15-24)23(26)29-20-12-11-18-6-2-3-7-19(18)16-20;/h2-3,6-7,9-14,16,22,25H,4-5,8,15,24H2,1H3;1H/t22-;/m0./s1. The van der Waals surface area contributed by atoms with E-state index in [2.05, 4.69) is 4.72 Å². The van der Waals surface area contributed by atoms with Crippen LogP contribution in [0.4, 0.5) is 0 Å². The highest BCUT2D eigenvalue weighted by molar-refractivity contribution is 8.93. The van der Waals surface area contributed by atoms with E-state index in [9.17, 15) is 13.2 Å². The lowest BCUT2D eigenvalue weighted by molar-refractivity contribution is -0.136. The fourth-order valence-electron chi connectivity index (χ4n) is 3.11. The quantitative estimate of drug-likeness (QED) is 0.258. The Hall–Kier alpha value is -2.26. The Bertz CT molecular complexity index is 1120. The number of halogens is 1. The molecule has 0 saturated carbocycles. The Kier molecular flexibility index (Phi) is 9.18. The van der Waals surface area contributed by atoms with Crippen LogP contribution in [-0.2, 0) is 14.8 Å². The van der Waals surface area contributed by atoms with Gasteiger partial charge in [0.15, 0.2) is 0 Å². The number of nitrogens with one attached hydrogen (secondary N) is 1. The number of hydrogen-bond acceptors (Lipinski definition) is 5. The molecule has 31 heavy (non-hydrogen) atoms. The smallest absolute Gasteiger partial charge is 0.329 e. The third-order valence-electron chi connectivity index (χ3n) is 4.80. The van der Waals surface area contributed by atoms with Crippen molar-refractivity contribution in [3.8, 4) is 5.75 Å². The Morgan fingerprint density at radius 2 is 1.68 bits per heavy atom. The van der Waals surface area contributed by atoms with Crippen LogP contribution < -0.4 is 15.2 Å². The number of sulfonamides is 1. The predicted molar refractivity (Wildman–Crippen MR) is 128 cm³/mol. The zero-order chi connectivity index (χ0) is 21.6. The van der Waals surface area contributed by atoms with Gasteiger partial charge in [0.05, 0.1) is 4.90 Å². The van der Waals surface area contributed by atoms with Crippen LogP contribution in [0.1, 0.15) is 24.8 Å². The van der Waals surface area contributed by atoms with Gasteiger partial charge in [0.1, 0.15) is 11.8 Å². The van der Waals surface area contributed by atoms with Gasteiger partial charge in [-0.05, 0) is 61.3 Å². The summed E-state index contributed by atoms with van der Waals surface area (Å²) in [4.78, 5) is 12.9. The van der Waals surface area contributed by atoms with Gasteiger partial charge in [0.2, 0.25) is 10.0 Å². The number of rotatable bonds is 9. The van der Waals surface area contributed by atoms with Crippen molar-refractivity contribution in [2.45, 2.75) is 37.1 Å². The van der Waals surface area contributed by atoms with Gasteiger partial charge in [0, 0.05) is 0 Å². The zero-order valence-corrected chi connectivity index (χ0v) is 19.8. The molecule has 0 spiro atoms. The first-order chi connectivity index (χ1) is 14.4. The van der Waals surface area contributed by atoms with Crippen LogP contribution in [0.15, 0.2) is 71.6 Å². The van der Waals surface area contributed by atoms with Crippen molar-refractivity contribution in [3.05, 3.63) is 72.3 Å². The molecule has 3 aromatic carbocycles. The van der Waals surface area contributed by atoms with Crippen molar-refractivity contribution in [1.29, 1.82) is 0 Å². The molecule has 0 fully saturated rings. The fourth-order valence-corrected chi connectivity index (χ4v) is 4.33. The van der Waals surface area contributed by atoms with E-state index in [-0.39, 0.29) is 21.9 Å². The molecule has 0 bridgehead atoms. The number of nitrogens with two attached hydrogens (primary N) is 1. The van der Waals surface area contributed by atoms with Crippen molar-refractivity contribution in [1.82, 2.24) is 4.72 Å². The normalized spacial score (nSPS) is 12.2. The maximum absolute atomic E-state index is 12.8. The summed E-state index contributed by atoms with van der Waals surface area (Å²) in [6, 6.07) is 18.5. The molecular formula is C23H27BrN2O4S. The summed E-state index contributed by atoms with van der Waals surface area (Å²) in [5.74, 6) is -0.268. The van der Waals surface area contributed by atoms with Crippen molar-refractivity contribution in [3.63, 3.8) is 0 Å². The van der Waals surface area contributed by atoms with Gasteiger partial charge in [-0.3, -0.25) is 0 Å². The molecule has 6 nitrogen and oxygen atoms in total. The second-order valence-electron chi connectivity index (χ2n) is 7.20. The van der Waals surface area contributed by atoms with Crippen molar-refractivity contribution in [2.75, 3.05) is 6.54 Å². The molecule has 0 saturated heterocycles. The first kappa shape index (κ1) is 25.0. The molecule has 0 heterocycles. The maximum atomic E-state index is 12.8. The van der Waals surface area contributed by atoms with E-state index < -0.39 is 22.0 Å². The maximum Gasteiger partial charge on any atom is 0.329 e. The molecule has 0 aromatic heterocycles. The van der Waals surface area contributed by atoms with Crippen LogP contribution in [0, 0.1) is 6.92 Å². The summed E-state index contributed by atoms with van der Waals surface area (Å²) >= 11 is 0. The number of benzene rings is 3. The Balaban J connectivity index is 0.00000341. The highest BCUT2D eigenvalue weighted by Crippen LogP contribution is 2.21. The largest absolute Gasteiger partial charge is 0.425 e. The fraction of sp³-hybridized carbons (Fsp3) is 0.261. The first-order valence-corrected chi connectivity index (χ1v) is 11.4. The van der Waals surface area contributed by atoms with Crippen molar-refractivity contribution >= 4 is 43.7 Å². The van der Waals surface area contributed by atoms with Gasteiger partial charge in [-0.1, -0.05) is 54.4 Å². The third kappa shape index (κ3) is 6.87. The molecule has 3 rings (SSSR count). The molecule has 0 aliphatic heterocycles. The van der Waals surface area contributed by atoms with Gasteiger partial charge < -0.3 is 10.5 Å². The Morgan fingerprint density at radius 1 is 1.00 bits per heavy atom. The number of esters is 1. The molecule has 8 heteroatoms. The van der Waals surface area contributed by atoms with Gasteiger partial charge in [0.25, 0.3) is 0 Å². The summed E-state index contributed by atoms with van der Waals surface area (Å²) in [6.07, 6.45) is 1.59. The molecule has 0 aliphatic carbocycles. The minimum Gasteiger partial charge on any atom is -0.425 e. The van der Waals surface area contributed by atoms with E-state index in [1.54, 1.807) is 24.3 Å². The zero-order valence-electron chi connectivity index (χ0n) is 17.3. The van der Waals surface area contributed by atoms with Gasteiger partial charge in [-0.25, -0.2) is 13.2 Å². The van der Waals surface area contributed by atoms with Gasteiger partial charge in [-0.15, -0.1) is 17.0 Å². The summed E-state index contributed by atoms with van der Waals surface area (Å²) in [7, 11) is -3.87. The molecule has 166 valence electrons. The lowest BCUT2D eigenvalue weighted by atomic mass is 10.1. The second kappa shape index (κ2) is 11.4. The monoisotopic (exact) mass is 506 g/mol. The van der Waals surface area contributed by atoms with E-state index in [1.165, 1.54) is 12.1 Å². The van der Waals surface area contributed by atoms with Crippen LogP contribution in [-0.4, -0.2) is 27.0 Å². The number of aryl methyl sites for hydroxylation is 1. The van der Waals surface area contributed by atoms with E-state index in [0.29, 0.717) is 31.6 Å². The molecule has 0 radical (unpaired) electrons. The van der Waals surface area contributed by atoms with E-state index in [4.69, 9.17) is 10.5 Å². The molecular weight excluding hydrogens is 480 g/mol. The molecule has 0 aliphatic rings. The predicted octanol–water partition coefficient (Wildman–Crippen LogP) is 4.11. The summed E-state index contributed by atoms with van der Waals surface area (Å²) in [5.41, 5.74) is 6.49. The minimum atomic E-state index is -3.87. The minimum absolute atomic E-state index is 0. The lowest BCUT2D eigenvalue weighted by Gasteiger charge is -2.18. The topological polar surface area (TPSA) is 98.5 Å². The van der Waals surface area contributed by atoms with Crippen molar-refractivity contribution < 1.29 is 17.9 Å². The Morgan fingerprint density at radius 3 is 2.35 bits per heavy atom. The first-order valence-electron chi connectivity index (χ1n) is 9.88. The van der Waals surface area contributed by atoms with Crippen LogP contribution >= 0.6 is 17.0 Å². The molecule has 3 aromatic rings. The number of carbonyl (C=O) groups excluding carboxylic acids is 1. The molecule has 1 atom stereocenters. The van der Waals surface area contributed by atoms with Crippen molar-refractivity contribution in [2.24, 2.45) is 5.73 Å². The molecule has 0 unspecified atom stereocenters. The van der Waals surface area contributed by atoms with E-state index in [1.807, 2.05) is 37.3 Å². The third-order valence-corrected chi connectivity index (χ3v) is 6.29. The number of ether oxygens (including phenoxy) is 1. The SMILES string of the molecule is Br.Cc1ccc(S(=O)(=O)N[C@@H](CCCCN)C(=O)Oc2ccc3ccccc3c2)cc1. The average Bonchev–Trinajstić information content (AvgIpc) is 2.73. The average molecular weight is 507 g/mol. The van der Waals surface area contributed by atoms with Crippen LogP contribution in [0.5, 0.6) is 5.75 Å². The number of carbonyl (C=O) groups is 1. The highest BCUT2D eigenvalue weighted by Gasteiger charge is 2.27. The summed E-state index contributed by atoms with van der Waals surface area (Å²) in [6.45, 7) is 2.34. The Labute approximate surface area is 193 Å². The molecule has 3 N–H and O–H groups in total. The molecule has 0 amide bonds. The van der Waals surface area contributed by atoms with E-state index >= 15 is 0 Å². The summed E-state index contributed by atoms with van der Waals surface area (Å²) in [5, 5.41) is 1.96. The summed E-state index contributed by atoms with van der Waals surface area (Å²) < 4.78 is 33.6. The van der Waals surface area contributed by atoms with Crippen LogP contribution in [0.3, 0.4) is 0 Å². The van der Waals surface area contributed by atoms with Gasteiger partial charge in [-0.2, -0.15) is 4.72 Å². The van der Waals surface area contributed by atoms with Crippen LogP contribution in [0.25, 0.3) is 10.8 Å². The number of fused-ring (bicyclic) bond motifs is 1. The van der Waals surface area contributed by atoms with Gasteiger partial charge >= 0.3 is 5.97 Å².